The average Bonchev–Trinajstić information content (AvgIpc) is 2.34. The van der Waals surface area contributed by atoms with Gasteiger partial charge in [0.1, 0.15) is 5.82 Å². The van der Waals surface area contributed by atoms with E-state index in [1.165, 1.54) is 6.07 Å². The largest absolute Gasteiger partial charge is 0.378 e. The molecule has 1 N–H and O–H groups in total. The van der Waals surface area contributed by atoms with Gasteiger partial charge in [-0.15, -0.1) is 0 Å². The zero-order valence-corrected chi connectivity index (χ0v) is 12.1. The van der Waals surface area contributed by atoms with Gasteiger partial charge in [-0.05, 0) is 42.8 Å². The summed E-state index contributed by atoms with van der Waals surface area (Å²) in [7, 11) is 0. The quantitative estimate of drug-likeness (QED) is 0.794. The minimum absolute atomic E-state index is 0.0960. The van der Waals surface area contributed by atoms with Gasteiger partial charge in [0.2, 0.25) is 0 Å². The highest BCUT2D eigenvalue weighted by atomic mass is 79.9. The van der Waals surface area contributed by atoms with Gasteiger partial charge in [-0.2, -0.15) is 0 Å². The third-order valence-electron chi connectivity index (χ3n) is 2.67. The molecular weight excluding hydrogens is 317 g/mol. The van der Waals surface area contributed by atoms with Crippen molar-refractivity contribution < 1.29 is 4.39 Å². The molecule has 1 nitrogen and oxygen atoms in total. The molecule has 0 radical (unpaired) electrons. The van der Waals surface area contributed by atoms with Crippen LogP contribution in [0.1, 0.15) is 18.5 Å². The van der Waals surface area contributed by atoms with Crippen LogP contribution in [0.2, 0.25) is 5.02 Å². The minimum Gasteiger partial charge on any atom is -0.378 e. The van der Waals surface area contributed by atoms with E-state index in [-0.39, 0.29) is 11.1 Å². The lowest BCUT2D eigenvalue weighted by atomic mass is 10.1. The molecule has 0 aliphatic carbocycles. The molecule has 2 aromatic carbocycles. The summed E-state index contributed by atoms with van der Waals surface area (Å²) < 4.78 is 14.3. The molecule has 0 spiro atoms. The predicted molar refractivity (Wildman–Crippen MR) is 77.6 cm³/mol. The summed E-state index contributed by atoms with van der Waals surface area (Å²) in [5, 5.41) is 3.37. The van der Waals surface area contributed by atoms with Gasteiger partial charge in [0.15, 0.2) is 0 Å². The van der Waals surface area contributed by atoms with E-state index in [1.807, 2.05) is 31.2 Å². The van der Waals surface area contributed by atoms with Crippen LogP contribution >= 0.6 is 27.5 Å². The molecule has 0 aromatic heterocycles. The summed E-state index contributed by atoms with van der Waals surface area (Å²) in [6.45, 7) is 2.02. The van der Waals surface area contributed by atoms with Gasteiger partial charge < -0.3 is 5.32 Å². The standard InChI is InChI=1S/C14H12BrClFN/c1-9(10-2-4-11(15)5-3-10)18-12-6-7-13(16)14(17)8-12/h2-9,18H,1H3. The summed E-state index contributed by atoms with van der Waals surface area (Å²) in [4.78, 5) is 0. The number of hydrogen-bond acceptors (Lipinski definition) is 1. The summed E-state index contributed by atoms with van der Waals surface area (Å²) in [5.74, 6) is -0.412. The first-order valence-corrected chi connectivity index (χ1v) is 6.70. The highest BCUT2D eigenvalue weighted by molar-refractivity contribution is 9.10. The van der Waals surface area contributed by atoms with Crippen molar-refractivity contribution in [1.29, 1.82) is 0 Å². The molecule has 2 aromatic rings. The molecule has 0 aliphatic rings. The van der Waals surface area contributed by atoms with Crippen molar-refractivity contribution in [2.24, 2.45) is 0 Å². The van der Waals surface area contributed by atoms with Crippen LogP contribution in [0.25, 0.3) is 0 Å². The second kappa shape index (κ2) is 5.72. The molecule has 18 heavy (non-hydrogen) atoms. The van der Waals surface area contributed by atoms with E-state index in [4.69, 9.17) is 11.6 Å². The number of rotatable bonds is 3. The topological polar surface area (TPSA) is 12.0 Å². The maximum absolute atomic E-state index is 13.3. The smallest absolute Gasteiger partial charge is 0.143 e. The van der Waals surface area contributed by atoms with E-state index in [9.17, 15) is 4.39 Å². The Kier molecular flexibility index (Phi) is 4.25. The van der Waals surface area contributed by atoms with Crippen molar-refractivity contribution in [2.75, 3.05) is 5.32 Å². The Labute approximate surface area is 119 Å². The molecule has 1 atom stereocenters. The van der Waals surface area contributed by atoms with Crippen LogP contribution in [0.5, 0.6) is 0 Å². The Morgan fingerprint density at radius 2 is 1.83 bits per heavy atom. The normalized spacial score (nSPS) is 12.2. The molecule has 94 valence electrons. The lowest BCUT2D eigenvalue weighted by Gasteiger charge is -2.16. The van der Waals surface area contributed by atoms with Gasteiger partial charge in [-0.3, -0.25) is 0 Å². The van der Waals surface area contributed by atoms with Crippen molar-refractivity contribution >= 4 is 33.2 Å². The van der Waals surface area contributed by atoms with Crippen LogP contribution in [0.4, 0.5) is 10.1 Å². The molecule has 0 aliphatic heterocycles. The van der Waals surface area contributed by atoms with Crippen molar-refractivity contribution in [3.63, 3.8) is 0 Å². The van der Waals surface area contributed by atoms with Crippen LogP contribution in [0.3, 0.4) is 0 Å². The second-order valence-electron chi connectivity index (χ2n) is 4.05. The van der Waals surface area contributed by atoms with E-state index in [0.717, 1.165) is 10.0 Å². The molecule has 2 rings (SSSR count). The molecule has 0 fully saturated rings. The van der Waals surface area contributed by atoms with Gasteiger partial charge >= 0.3 is 0 Å². The summed E-state index contributed by atoms with van der Waals surface area (Å²) >= 11 is 9.04. The molecule has 0 amide bonds. The first-order valence-electron chi connectivity index (χ1n) is 5.53. The zero-order valence-electron chi connectivity index (χ0n) is 9.75. The molecule has 0 heterocycles. The molecular formula is C14H12BrClFN. The molecule has 0 saturated heterocycles. The van der Waals surface area contributed by atoms with E-state index in [0.29, 0.717) is 5.69 Å². The lowest BCUT2D eigenvalue weighted by Crippen LogP contribution is -2.06. The Bertz CT molecular complexity index is 542. The Morgan fingerprint density at radius 3 is 2.44 bits per heavy atom. The Balaban J connectivity index is 2.13. The Morgan fingerprint density at radius 1 is 1.17 bits per heavy atom. The van der Waals surface area contributed by atoms with Crippen LogP contribution < -0.4 is 5.32 Å². The zero-order chi connectivity index (χ0) is 13.1. The summed E-state index contributed by atoms with van der Waals surface area (Å²) in [6, 6.07) is 12.8. The summed E-state index contributed by atoms with van der Waals surface area (Å²) in [6.07, 6.45) is 0. The van der Waals surface area contributed by atoms with Crippen molar-refractivity contribution in [2.45, 2.75) is 13.0 Å². The number of halogens is 3. The van der Waals surface area contributed by atoms with E-state index < -0.39 is 5.82 Å². The van der Waals surface area contributed by atoms with Gasteiger partial charge in [0.25, 0.3) is 0 Å². The van der Waals surface area contributed by atoms with Crippen LogP contribution in [-0.2, 0) is 0 Å². The highest BCUT2D eigenvalue weighted by Gasteiger charge is 2.07. The van der Waals surface area contributed by atoms with Gasteiger partial charge in [-0.25, -0.2) is 4.39 Å². The van der Waals surface area contributed by atoms with Crippen LogP contribution in [0.15, 0.2) is 46.9 Å². The highest BCUT2D eigenvalue weighted by Crippen LogP contribution is 2.24. The predicted octanol–water partition coefficient (Wildman–Crippen LogP) is 5.41. The third kappa shape index (κ3) is 3.24. The fourth-order valence-corrected chi connectivity index (χ4v) is 2.05. The third-order valence-corrected chi connectivity index (χ3v) is 3.51. The first kappa shape index (κ1) is 13.4. The van der Waals surface area contributed by atoms with Gasteiger partial charge in [0, 0.05) is 16.2 Å². The second-order valence-corrected chi connectivity index (χ2v) is 5.37. The van der Waals surface area contributed by atoms with Crippen molar-refractivity contribution in [3.05, 3.63) is 63.3 Å². The summed E-state index contributed by atoms with van der Waals surface area (Å²) in [5.41, 5.74) is 1.85. The minimum atomic E-state index is -0.412. The van der Waals surface area contributed by atoms with E-state index in [2.05, 4.69) is 21.2 Å². The van der Waals surface area contributed by atoms with Crippen LogP contribution in [-0.4, -0.2) is 0 Å². The Hall–Kier alpha value is -1.06. The molecule has 0 bridgehead atoms. The lowest BCUT2D eigenvalue weighted by molar-refractivity contribution is 0.628. The van der Waals surface area contributed by atoms with Gasteiger partial charge in [0.05, 0.1) is 5.02 Å². The van der Waals surface area contributed by atoms with E-state index in [1.54, 1.807) is 12.1 Å². The molecule has 4 heteroatoms. The number of benzene rings is 2. The maximum atomic E-state index is 13.3. The maximum Gasteiger partial charge on any atom is 0.143 e. The SMILES string of the molecule is CC(Nc1ccc(Cl)c(F)c1)c1ccc(Br)cc1. The molecule has 0 saturated carbocycles. The van der Waals surface area contributed by atoms with E-state index >= 15 is 0 Å². The first-order chi connectivity index (χ1) is 8.56. The fourth-order valence-electron chi connectivity index (χ4n) is 1.67. The van der Waals surface area contributed by atoms with Crippen molar-refractivity contribution in [1.82, 2.24) is 0 Å². The monoisotopic (exact) mass is 327 g/mol. The van der Waals surface area contributed by atoms with Gasteiger partial charge in [-0.1, -0.05) is 39.7 Å². The number of hydrogen-bond donors (Lipinski definition) is 1. The number of nitrogens with one attached hydrogen (secondary N) is 1. The average molecular weight is 329 g/mol. The number of anilines is 1. The van der Waals surface area contributed by atoms with Crippen LogP contribution in [0, 0.1) is 5.82 Å². The fraction of sp³-hybridized carbons (Fsp3) is 0.143. The van der Waals surface area contributed by atoms with Crippen molar-refractivity contribution in [3.8, 4) is 0 Å². The molecule has 1 unspecified atom stereocenters.